The van der Waals surface area contributed by atoms with Crippen molar-refractivity contribution in [2.75, 3.05) is 6.61 Å². The molecule has 0 aliphatic carbocycles. The Bertz CT molecular complexity index is 778. The van der Waals surface area contributed by atoms with Crippen LogP contribution in [-0.2, 0) is 14.3 Å². The molecule has 26 heavy (non-hydrogen) atoms. The normalized spacial score (nSPS) is 11.6. The van der Waals surface area contributed by atoms with Gasteiger partial charge in [-0.15, -0.1) is 0 Å². The quantitative estimate of drug-likeness (QED) is 0.606. The average Bonchev–Trinajstić information content (AvgIpc) is 2.65. The van der Waals surface area contributed by atoms with Crippen LogP contribution in [0.25, 0.3) is 12.2 Å². The van der Waals surface area contributed by atoms with Crippen LogP contribution in [0.5, 0.6) is 0 Å². The van der Waals surface area contributed by atoms with Crippen molar-refractivity contribution in [3.8, 4) is 0 Å². The van der Waals surface area contributed by atoms with Crippen LogP contribution in [0.2, 0.25) is 0 Å². The SMILES string of the molecule is CC(C)COC(=O)C(=Cc1ccccc1)NC(=O)C=Cc1ccccc1. The molecule has 4 nitrogen and oxygen atoms in total. The predicted molar refractivity (Wildman–Crippen MR) is 104 cm³/mol. The summed E-state index contributed by atoms with van der Waals surface area (Å²) in [5, 5.41) is 2.62. The third kappa shape index (κ3) is 6.77. The summed E-state index contributed by atoms with van der Waals surface area (Å²) < 4.78 is 5.26. The van der Waals surface area contributed by atoms with Gasteiger partial charge in [-0.1, -0.05) is 74.5 Å². The highest BCUT2D eigenvalue weighted by molar-refractivity contribution is 6.02. The van der Waals surface area contributed by atoms with E-state index in [0.29, 0.717) is 6.61 Å². The van der Waals surface area contributed by atoms with Crippen LogP contribution < -0.4 is 5.32 Å². The van der Waals surface area contributed by atoms with E-state index in [1.165, 1.54) is 6.08 Å². The molecule has 0 heterocycles. The first-order valence-corrected chi connectivity index (χ1v) is 8.52. The summed E-state index contributed by atoms with van der Waals surface area (Å²) in [4.78, 5) is 24.5. The van der Waals surface area contributed by atoms with Gasteiger partial charge in [0.1, 0.15) is 5.70 Å². The summed E-state index contributed by atoms with van der Waals surface area (Å²) in [5.74, 6) is -0.729. The molecular formula is C22H23NO3. The van der Waals surface area contributed by atoms with Gasteiger partial charge < -0.3 is 10.1 Å². The Labute approximate surface area is 154 Å². The molecule has 0 aliphatic rings. The van der Waals surface area contributed by atoms with Gasteiger partial charge >= 0.3 is 5.97 Å². The van der Waals surface area contributed by atoms with E-state index in [9.17, 15) is 9.59 Å². The highest BCUT2D eigenvalue weighted by atomic mass is 16.5. The fourth-order valence-electron chi connectivity index (χ4n) is 2.09. The molecule has 134 valence electrons. The van der Waals surface area contributed by atoms with Gasteiger partial charge in [-0.25, -0.2) is 4.79 Å². The van der Waals surface area contributed by atoms with Crippen LogP contribution >= 0.6 is 0 Å². The van der Waals surface area contributed by atoms with Gasteiger partial charge in [0.05, 0.1) is 6.61 Å². The highest BCUT2D eigenvalue weighted by Crippen LogP contribution is 2.08. The monoisotopic (exact) mass is 349 g/mol. The second-order valence-electron chi connectivity index (χ2n) is 6.19. The first kappa shape index (κ1) is 19.2. The fourth-order valence-corrected chi connectivity index (χ4v) is 2.09. The summed E-state index contributed by atoms with van der Waals surface area (Å²) in [6.45, 7) is 4.20. The van der Waals surface area contributed by atoms with E-state index in [2.05, 4.69) is 5.32 Å². The molecule has 0 atom stereocenters. The summed E-state index contributed by atoms with van der Waals surface area (Å²) in [5.41, 5.74) is 1.81. The van der Waals surface area contributed by atoms with E-state index < -0.39 is 11.9 Å². The van der Waals surface area contributed by atoms with Crippen LogP contribution in [0.3, 0.4) is 0 Å². The molecule has 2 aromatic rings. The summed E-state index contributed by atoms with van der Waals surface area (Å²) in [7, 11) is 0. The first-order valence-electron chi connectivity index (χ1n) is 8.52. The Balaban J connectivity index is 2.12. The smallest absolute Gasteiger partial charge is 0.354 e. The van der Waals surface area contributed by atoms with E-state index >= 15 is 0 Å². The molecule has 2 rings (SSSR count). The molecule has 4 heteroatoms. The maximum absolute atomic E-state index is 12.3. The average molecular weight is 349 g/mol. The number of nitrogens with one attached hydrogen (secondary N) is 1. The lowest BCUT2D eigenvalue weighted by molar-refractivity contribution is -0.141. The fraction of sp³-hybridized carbons (Fsp3) is 0.182. The Morgan fingerprint density at radius 3 is 2.12 bits per heavy atom. The van der Waals surface area contributed by atoms with Gasteiger partial charge in [-0.05, 0) is 29.2 Å². The molecule has 0 saturated carbocycles. The van der Waals surface area contributed by atoms with E-state index in [0.717, 1.165) is 11.1 Å². The third-order valence-electron chi connectivity index (χ3n) is 3.36. The first-order chi connectivity index (χ1) is 12.5. The minimum absolute atomic E-state index is 0.111. The van der Waals surface area contributed by atoms with Gasteiger partial charge in [-0.2, -0.15) is 0 Å². The molecule has 0 radical (unpaired) electrons. The van der Waals surface area contributed by atoms with E-state index in [-0.39, 0.29) is 11.6 Å². The molecule has 0 aliphatic heterocycles. The number of carbonyl (C=O) groups excluding carboxylic acids is 2. The molecule has 1 amide bonds. The maximum atomic E-state index is 12.3. The van der Waals surface area contributed by atoms with Crippen molar-refractivity contribution in [1.82, 2.24) is 5.32 Å². The number of hydrogen-bond donors (Lipinski definition) is 1. The lowest BCUT2D eigenvalue weighted by Crippen LogP contribution is -2.27. The molecule has 1 N–H and O–H groups in total. The van der Waals surface area contributed by atoms with E-state index in [1.54, 1.807) is 12.2 Å². The number of benzene rings is 2. The van der Waals surface area contributed by atoms with Crippen molar-refractivity contribution >= 4 is 24.0 Å². The highest BCUT2D eigenvalue weighted by Gasteiger charge is 2.14. The van der Waals surface area contributed by atoms with E-state index in [1.807, 2.05) is 74.5 Å². The molecule has 0 unspecified atom stereocenters. The largest absolute Gasteiger partial charge is 0.461 e. The molecule has 0 fully saturated rings. The van der Waals surface area contributed by atoms with Crippen molar-refractivity contribution in [3.63, 3.8) is 0 Å². The number of rotatable bonds is 7. The lowest BCUT2D eigenvalue weighted by atomic mass is 10.2. The second-order valence-corrected chi connectivity index (χ2v) is 6.19. The van der Waals surface area contributed by atoms with Crippen molar-refractivity contribution < 1.29 is 14.3 Å². The van der Waals surface area contributed by atoms with Gasteiger partial charge in [0.2, 0.25) is 5.91 Å². The third-order valence-corrected chi connectivity index (χ3v) is 3.36. The Hall–Kier alpha value is -3.14. The molecule has 0 saturated heterocycles. The van der Waals surface area contributed by atoms with Crippen LogP contribution in [0.15, 0.2) is 72.4 Å². The zero-order valence-corrected chi connectivity index (χ0v) is 15.0. The maximum Gasteiger partial charge on any atom is 0.354 e. The molecule has 0 bridgehead atoms. The van der Waals surface area contributed by atoms with E-state index in [4.69, 9.17) is 4.74 Å². The number of carbonyl (C=O) groups is 2. The second kappa shape index (κ2) is 9.99. The van der Waals surface area contributed by atoms with Crippen LogP contribution in [0, 0.1) is 5.92 Å². The zero-order chi connectivity index (χ0) is 18.8. The minimum Gasteiger partial charge on any atom is -0.461 e. The van der Waals surface area contributed by atoms with Crippen molar-refractivity contribution in [3.05, 3.63) is 83.6 Å². The molecule has 0 spiro atoms. The Morgan fingerprint density at radius 2 is 1.54 bits per heavy atom. The number of hydrogen-bond acceptors (Lipinski definition) is 3. The van der Waals surface area contributed by atoms with Gasteiger partial charge in [0.25, 0.3) is 0 Å². The van der Waals surface area contributed by atoms with Crippen LogP contribution in [0.4, 0.5) is 0 Å². The van der Waals surface area contributed by atoms with Crippen molar-refractivity contribution in [2.45, 2.75) is 13.8 Å². The summed E-state index contributed by atoms with van der Waals surface area (Å²) >= 11 is 0. The van der Waals surface area contributed by atoms with Gasteiger partial charge in [0, 0.05) is 6.08 Å². The Morgan fingerprint density at radius 1 is 0.962 bits per heavy atom. The number of esters is 1. The predicted octanol–water partition coefficient (Wildman–Crippen LogP) is 4.06. The van der Waals surface area contributed by atoms with Crippen molar-refractivity contribution in [2.24, 2.45) is 5.92 Å². The molecule has 2 aromatic carbocycles. The van der Waals surface area contributed by atoms with Crippen LogP contribution in [-0.4, -0.2) is 18.5 Å². The topological polar surface area (TPSA) is 55.4 Å². The number of amides is 1. The minimum atomic E-state index is -0.552. The van der Waals surface area contributed by atoms with Gasteiger partial charge in [-0.3, -0.25) is 4.79 Å². The Kier molecular flexibility index (Phi) is 7.37. The standard InChI is InChI=1S/C22H23NO3/c1-17(2)16-26-22(25)20(15-19-11-7-4-8-12-19)23-21(24)14-13-18-9-5-3-6-10-18/h3-15,17H,16H2,1-2H3,(H,23,24). The summed E-state index contributed by atoms with van der Waals surface area (Å²) in [6.07, 6.45) is 4.69. The zero-order valence-electron chi connectivity index (χ0n) is 15.0. The van der Waals surface area contributed by atoms with Crippen molar-refractivity contribution in [1.29, 1.82) is 0 Å². The van der Waals surface area contributed by atoms with Gasteiger partial charge in [0.15, 0.2) is 0 Å². The molecular weight excluding hydrogens is 326 g/mol. The lowest BCUT2D eigenvalue weighted by Gasteiger charge is -2.10. The number of ether oxygens (including phenoxy) is 1. The summed E-state index contributed by atoms with van der Waals surface area (Å²) in [6, 6.07) is 18.8. The van der Waals surface area contributed by atoms with Crippen LogP contribution in [0.1, 0.15) is 25.0 Å². The molecule has 0 aromatic heterocycles.